The van der Waals surface area contributed by atoms with Crippen LogP contribution in [0.3, 0.4) is 0 Å². The fourth-order valence-corrected chi connectivity index (χ4v) is 4.35. The molecule has 3 aromatic heterocycles. The van der Waals surface area contributed by atoms with Gasteiger partial charge >= 0.3 is 0 Å². The summed E-state index contributed by atoms with van der Waals surface area (Å²) in [6.07, 6.45) is 9.46. The molecule has 0 spiro atoms. The topological polar surface area (TPSA) is 90.9 Å². The summed E-state index contributed by atoms with van der Waals surface area (Å²) in [4.78, 5) is 13.7. The molecule has 4 heterocycles. The molecule has 4 aromatic rings. The summed E-state index contributed by atoms with van der Waals surface area (Å²) >= 11 is 0. The predicted octanol–water partition coefficient (Wildman–Crippen LogP) is 3.76. The number of methoxy groups -OCH3 is 1. The first-order valence-electron chi connectivity index (χ1n) is 11.0. The summed E-state index contributed by atoms with van der Waals surface area (Å²) in [6.45, 7) is 2.81. The number of pyridine rings is 1. The highest BCUT2D eigenvalue weighted by molar-refractivity contribution is 5.65. The number of fused-ring (bicyclic) bond motifs is 1. The minimum absolute atomic E-state index is 0.0235. The zero-order valence-electron chi connectivity index (χ0n) is 18.7. The number of nitrogens with zero attached hydrogens (tertiary/aromatic N) is 6. The highest BCUT2D eigenvalue weighted by Crippen LogP contribution is 2.34. The lowest BCUT2D eigenvalue weighted by Gasteiger charge is -2.24. The molecular formula is C25H26N6O2. The van der Waals surface area contributed by atoms with Gasteiger partial charge in [-0.1, -0.05) is 24.3 Å². The van der Waals surface area contributed by atoms with E-state index in [1.807, 2.05) is 64.9 Å². The third-order valence-corrected chi connectivity index (χ3v) is 5.94. The van der Waals surface area contributed by atoms with E-state index in [2.05, 4.69) is 16.0 Å². The van der Waals surface area contributed by atoms with Gasteiger partial charge in [0.05, 0.1) is 31.4 Å². The van der Waals surface area contributed by atoms with E-state index in [-0.39, 0.29) is 12.5 Å². The number of rotatable bonds is 6. The van der Waals surface area contributed by atoms with Gasteiger partial charge in [-0.15, -0.1) is 0 Å². The fraction of sp³-hybridized carbons (Fsp3) is 0.280. The molecule has 1 N–H and O–H groups in total. The van der Waals surface area contributed by atoms with Crippen molar-refractivity contribution in [2.75, 3.05) is 7.11 Å². The minimum atomic E-state index is 0.0235. The van der Waals surface area contributed by atoms with Gasteiger partial charge in [-0.25, -0.2) is 19.6 Å². The van der Waals surface area contributed by atoms with Crippen LogP contribution in [0.1, 0.15) is 52.9 Å². The number of aromatic nitrogens is 6. The van der Waals surface area contributed by atoms with Crippen LogP contribution in [0.15, 0.2) is 48.9 Å². The van der Waals surface area contributed by atoms with E-state index >= 15 is 0 Å². The molecule has 1 aliphatic heterocycles. The smallest absolute Gasteiger partial charge is 0.238 e. The van der Waals surface area contributed by atoms with Crippen molar-refractivity contribution in [3.8, 4) is 11.6 Å². The van der Waals surface area contributed by atoms with Crippen molar-refractivity contribution in [3.63, 3.8) is 0 Å². The predicted molar refractivity (Wildman–Crippen MR) is 125 cm³/mol. The van der Waals surface area contributed by atoms with Crippen LogP contribution in [0.2, 0.25) is 0 Å². The molecule has 0 radical (unpaired) electrons. The molecule has 8 heteroatoms. The summed E-state index contributed by atoms with van der Waals surface area (Å²) in [5.41, 5.74) is 4.58. The van der Waals surface area contributed by atoms with Gasteiger partial charge in [0.1, 0.15) is 11.5 Å². The molecule has 0 fully saturated rings. The summed E-state index contributed by atoms with van der Waals surface area (Å²) in [6, 6.07) is 11.9. The molecule has 0 aliphatic carbocycles. The van der Waals surface area contributed by atoms with E-state index in [0.29, 0.717) is 11.7 Å². The molecule has 0 saturated heterocycles. The summed E-state index contributed by atoms with van der Waals surface area (Å²) < 4.78 is 9.38. The first-order valence-corrected chi connectivity index (χ1v) is 11.0. The van der Waals surface area contributed by atoms with Crippen molar-refractivity contribution in [2.45, 2.75) is 38.8 Å². The second-order valence-electron chi connectivity index (χ2n) is 8.12. The van der Waals surface area contributed by atoms with Crippen LogP contribution in [0.25, 0.3) is 17.8 Å². The van der Waals surface area contributed by atoms with Gasteiger partial charge in [-0.3, -0.25) is 0 Å². The SMILES string of the molecule is COc1nc(/C=C/c2nc3n(n2)CCC[C@@H]3c2ccccc2CO)ccc1-n1cnc(C)c1. The van der Waals surface area contributed by atoms with Crippen LogP contribution in [-0.2, 0) is 13.2 Å². The average Bonchev–Trinajstić information content (AvgIpc) is 3.48. The van der Waals surface area contributed by atoms with Crippen molar-refractivity contribution < 1.29 is 9.84 Å². The van der Waals surface area contributed by atoms with Crippen molar-refractivity contribution in [1.82, 2.24) is 29.3 Å². The van der Waals surface area contributed by atoms with E-state index in [4.69, 9.17) is 14.8 Å². The lowest BCUT2D eigenvalue weighted by molar-refractivity contribution is 0.279. The zero-order valence-corrected chi connectivity index (χ0v) is 18.7. The van der Waals surface area contributed by atoms with Crippen LogP contribution in [0.5, 0.6) is 5.88 Å². The van der Waals surface area contributed by atoms with Gasteiger partial charge < -0.3 is 14.4 Å². The fourth-order valence-electron chi connectivity index (χ4n) is 4.35. The maximum absolute atomic E-state index is 9.77. The second-order valence-corrected chi connectivity index (χ2v) is 8.12. The van der Waals surface area contributed by atoms with Gasteiger partial charge in [-0.05, 0) is 55.2 Å². The second kappa shape index (κ2) is 8.99. The van der Waals surface area contributed by atoms with Gasteiger partial charge in [0.25, 0.3) is 0 Å². The van der Waals surface area contributed by atoms with Crippen molar-refractivity contribution >= 4 is 12.2 Å². The van der Waals surface area contributed by atoms with Crippen molar-refractivity contribution in [1.29, 1.82) is 0 Å². The summed E-state index contributed by atoms with van der Waals surface area (Å²) in [5.74, 6) is 2.24. The number of hydrogen-bond acceptors (Lipinski definition) is 6. The Morgan fingerprint density at radius 3 is 2.82 bits per heavy atom. The summed E-state index contributed by atoms with van der Waals surface area (Å²) in [7, 11) is 1.61. The Hall–Kier alpha value is -3.78. The zero-order chi connectivity index (χ0) is 22.8. The molecule has 33 heavy (non-hydrogen) atoms. The quantitative estimate of drug-likeness (QED) is 0.489. The van der Waals surface area contributed by atoms with Crippen LogP contribution >= 0.6 is 0 Å². The largest absolute Gasteiger partial charge is 0.479 e. The Kier molecular flexibility index (Phi) is 5.75. The molecule has 168 valence electrons. The average molecular weight is 443 g/mol. The maximum Gasteiger partial charge on any atom is 0.238 e. The molecule has 0 bridgehead atoms. The Balaban J connectivity index is 1.42. The molecule has 0 amide bonds. The molecular weight excluding hydrogens is 416 g/mol. The number of aliphatic hydroxyl groups excluding tert-OH is 1. The highest BCUT2D eigenvalue weighted by Gasteiger charge is 2.26. The van der Waals surface area contributed by atoms with Crippen LogP contribution < -0.4 is 4.74 Å². The number of benzene rings is 1. The lowest BCUT2D eigenvalue weighted by atomic mass is 9.88. The molecule has 8 nitrogen and oxygen atoms in total. The third-order valence-electron chi connectivity index (χ3n) is 5.94. The van der Waals surface area contributed by atoms with Crippen LogP contribution in [-0.4, -0.2) is 41.5 Å². The Morgan fingerprint density at radius 1 is 1.15 bits per heavy atom. The van der Waals surface area contributed by atoms with Gasteiger partial charge in [0, 0.05) is 18.7 Å². The lowest BCUT2D eigenvalue weighted by Crippen LogP contribution is -2.19. The number of hydrogen-bond donors (Lipinski definition) is 1. The maximum atomic E-state index is 9.77. The molecule has 0 unspecified atom stereocenters. The van der Waals surface area contributed by atoms with Crippen LogP contribution in [0.4, 0.5) is 0 Å². The van der Waals surface area contributed by atoms with Crippen molar-refractivity contribution in [3.05, 3.63) is 83.1 Å². The molecule has 1 aliphatic rings. The Labute approximate surface area is 192 Å². The number of imidazole rings is 1. The number of aliphatic hydroxyl groups is 1. The van der Waals surface area contributed by atoms with Crippen molar-refractivity contribution in [2.24, 2.45) is 0 Å². The first-order chi connectivity index (χ1) is 16.2. The molecule has 5 rings (SSSR count). The first kappa shape index (κ1) is 21.1. The van der Waals surface area contributed by atoms with E-state index in [9.17, 15) is 5.11 Å². The standard InChI is InChI=1S/C25H26N6O2/c1-17-14-30(16-26-17)22-11-9-19(27-25(22)33-2)10-12-23-28-24-21(8-5-13-31(24)29-23)20-7-4-3-6-18(20)15-32/h3-4,6-7,9-12,14,16,21,32H,5,8,13,15H2,1-2H3/b12-10+/t21-/m1/s1. The highest BCUT2D eigenvalue weighted by atomic mass is 16.5. The Morgan fingerprint density at radius 2 is 2.03 bits per heavy atom. The van der Waals surface area contributed by atoms with Gasteiger partial charge in [-0.2, -0.15) is 5.10 Å². The van der Waals surface area contributed by atoms with E-state index in [1.165, 1.54) is 0 Å². The van der Waals surface area contributed by atoms with E-state index in [0.717, 1.165) is 53.4 Å². The van der Waals surface area contributed by atoms with Crippen LogP contribution in [0, 0.1) is 6.92 Å². The molecule has 1 atom stereocenters. The third kappa shape index (κ3) is 4.17. The molecule has 1 aromatic carbocycles. The van der Waals surface area contributed by atoms with Gasteiger partial charge in [0.2, 0.25) is 5.88 Å². The number of ether oxygens (including phenoxy) is 1. The van der Waals surface area contributed by atoms with E-state index < -0.39 is 0 Å². The molecule has 0 saturated carbocycles. The Bertz CT molecular complexity index is 1310. The number of aryl methyl sites for hydroxylation is 2. The monoisotopic (exact) mass is 442 g/mol. The van der Waals surface area contributed by atoms with Gasteiger partial charge in [0.15, 0.2) is 5.82 Å². The minimum Gasteiger partial charge on any atom is -0.479 e. The van der Waals surface area contributed by atoms with E-state index in [1.54, 1.807) is 13.4 Å². The summed E-state index contributed by atoms with van der Waals surface area (Å²) in [5, 5.41) is 14.5. The normalized spacial score (nSPS) is 15.7.